The summed E-state index contributed by atoms with van der Waals surface area (Å²) in [4.78, 5) is 13.6. The predicted molar refractivity (Wildman–Crippen MR) is 51.8 cm³/mol. The van der Waals surface area contributed by atoms with Crippen molar-refractivity contribution in [3.63, 3.8) is 0 Å². The van der Waals surface area contributed by atoms with Crippen LogP contribution in [0.4, 0.5) is 0 Å². The average Bonchev–Trinajstić information content (AvgIpc) is 2.87. The largest absolute Gasteiger partial charge is 0.390 e. The van der Waals surface area contributed by atoms with Crippen molar-refractivity contribution >= 4 is 5.91 Å². The predicted octanol–water partition coefficient (Wildman–Crippen LogP) is -0.607. The molecule has 1 saturated heterocycles. The molecule has 1 aromatic heterocycles. The highest BCUT2D eigenvalue weighted by Gasteiger charge is 2.19. The minimum absolute atomic E-state index is 0.0488. The van der Waals surface area contributed by atoms with Crippen LogP contribution >= 0.6 is 0 Å². The molecule has 6 nitrogen and oxygen atoms in total. The molecule has 1 amide bonds. The first-order valence-electron chi connectivity index (χ1n) is 5.07. The highest BCUT2D eigenvalue weighted by Crippen LogP contribution is 2.08. The van der Waals surface area contributed by atoms with Crippen LogP contribution in [0.15, 0.2) is 6.20 Å². The quantitative estimate of drug-likeness (QED) is 0.722. The van der Waals surface area contributed by atoms with Gasteiger partial charge in [-0.15, -0.1) is 5.10 Å². The Balaban J connectivity index is 1.98. The van der Waals surface area contributed by atoms with E-state index in [2.05, 4.69) is 10.3 Å². The molecular weight excluding hydrogens is 196 g/mol. The van der Waals surface area contributed by atoms with Crippen molar-refractivity contribution in [3.05, 3.63) is 11.9 Å². The lowest BCUT2D eigenvalue weighted by atomic mass is 10.4. The molecule has 1 aromatic rings. The Labute approximate surface area is 87.5 Å². The van der Waals surface area contributed by atoms with Gasteiger partial charge in [-0.2, -0.15) is 0 Å². The van der Waals surface area contributed by atoms with Gasteiger partial charge in [0.15, 0.2) is 0 Å². The minimum atomic E-state index is -0.139. The number of aromatic nitrogens is 3. The SMILES string of the molecule is O=C(Cn1nncc1CO)N1CCCC1. The highest BCUT2D eigenvalue weighted by molar-refractivity contribution is 5.76. The Kier molecular flexibility index (Phi) is 2.96. The molecule has 1 fully saturated rings. The molecule has 1 aliphatic heterocycles. The maximum absolute atomic E-state index is 11.7. The second kappa shape index (κ2) is 4.39. The summed E-state index contributed by atoms with van der Waals surface area (Å²) in [6.07, 6.45) is 3.63. The number of hydrogen-bond donors (Lipinski definition) is 1. The van der Waals surface area contributed by atoms with E-state index in [4.69, 9.17) is 5.11 Å². The van der Waals surface area contributed by atoms with Crippen molar-refractivity contribution in [2.75, 3.05) is 13.1 Å². The van der Waals surface area contributed by atoms with E-state index in [0.29, 0.717) is 5.69 Å². The number of nitrogens with zero attached hydrogens (tertiary/aromatic N) is 4. The van der Waals surface area contributed by atoms with Gasteiger partial charge in [-0.1, -0.05) is 5.21 Å². The van der Waals surface area contributed by atoms with Gasteiger partial charge in [0.1, 0.15) is 6.54 Å². The number of aliphatic hydroxyl groups is 1. The van der Waals surface area contributed by atoms with Crippen molar-refractivity contribution in [1.29, 1.82) is 0 Å². The lowest BCUT2D eigenvalue weighted by molar-refractivity contribution is -0.131. The van der Waals surface area contributed by atoms with E-state index in [1.165, 1.54) is 10.9 Å². The third-order valence-electron chi connectivity index (χ3n) is 2.60. The molecule has 2 heterocycles. The normalized spacial score (nSPS) is 15.9. The number of rotatable bonds is 3. The molecule has 0 radical (unpaired) electrons. The van der Waals surface area contributed by atoms with Crippen LogP contribution < -0.4 is 0 Å². The molecule has 6 heteroatoms. The van der Waals surface area contributed by atoms with Crippen LogP contribution in [0.3, 0.4) is 0 Å². The van der Waals surface area contributed by atoms with E-state index < -0.39 is 0 Å². The molecule has 1 N–H and O–H groups in total. The van der Waals surface area contributed by atoms with Gasteiger partial charge >= 0.3 is 0 Å². The van der Waals surface area contributed by atoms with E-state index >= 15 is 0 Å². The molecule has 1 aliphatic rings. The summed E-state index contributed by atoms with van der Waals surface area (Å²) < 4.78 is 1.45. The number of amides is 1. The van der Waals surface area contributed by atoms with Gasteiger partial charge < -0.3 is 10.0 Å². The molecule has 0 unspecified atom stereocenters. The molecule has 82 valence electrons. The number of carbonyl (C=O) groups is 1. The standard InChI is InChI=1S/C9H14N4O2/c14-7-8-5-10-11-13(8)6-9(15)12-3-1-2-4-12/h5,14H,1-4,6-7H2. The summed E-state index contributed by atoms with van der Waals surface area (Å²) in [7, 11) is 0. The fourth-order valence-electron chi connectivity index (χ4n) is 1.73. The van der Waals surface area contributed by atoms with E-state index in [9.17, 15) is 4.79 Å². The van der Waals surface area contributed by atoms with Crippen LogP contribution in [0.1, 0.15) is 18.5 Å². The van der Waals surface area contributed by atoms with E-state index in [1.54, 1.807) is 0 Å². The molecule has 0 aliphatic carbocycles. The zero-order valence-corrected chi connectivity index (χ0v) is 8.46. The summed E-state index contributed by atoms with van der Waals surface area (Å²) in [5, 5.41) is 16.4. The first-order valence-corrected chi connectivity index (χ1v) is 5.07. The third kappa shape index (κ3) is 2.15. The van der Waals surface area contributed by atoms with Crippen molar-refractivity contribution < 1.29 is 9.90 Å². The summed E-state index contributed by atoms with van der Waals surface area (Å²) >= 11 is 0. The Hall–Kier alpha value is -1.43. The van der Waals surface area contributed by atoms with Crippen molar-refractivity contribution in [2.24, 2.45) is 0 Å². The number of aliphatic hydroxyl groups excluding tert-OH is 1. The van der Waals surface area contributed by atoms with Gasteiger partial charge in [-0.25, -0.2) is 4.68 Å². The number of likely N-dealkylation sites (tertiary alicyclic amines) is 1. The molecule has 15 heavy (non-hydrogen) atoms. The van der Waals surface area contributed by atoms with Crippen LogP contribution in [0.2, 0.25) is 0 Å². The number of hydrogen-bond acceptors (Lipinski definition) is 4. The van der Waals surface area contributed by atoms with Gasteiger partial charge in [0, 0.05) is 13.1 Å². The van der Waals surface area contributed by atoms with Gasteiger partial charge in [-0.3, -0.25) is 4.79 Å². The van der Waals surface area contributed by atoms with Crippen LogP contribution in [-0.4, -0.2) is 44.0 Å². The van der Waals surface area contributed by atoms with Crippen LogP contribution in [0.5, 0.6) is 0 Å². The average molecular weight is 210 g/mol. The van der Waals surface area contributed by atoms with Gasteiger partial charge in [0.2, 0.25) is 5.91 Å². The third-order valence-corrected chi connectivity index (χ3v) is 2.60. The molecule has 0 bridgehead atoms. The first-order chi connectivity index (χ1) is 7.31. The zero-order valence-electron chi connectivity index (χ0n) is 8.46. The second-order valence-electron chi connectivity index (χ2n) is 3.63. The van der Waals surface area contributed by atoms with E-state index in [-0.39, 0.29) is 19.1 Å². The smallest absolute Gasteiger partial charge is 0.244 e. The molecular formula is C9H14N4O2. The van der Waals surface area contributed by atoms with E-state index in [0.717, 1.165) is 25.9 Å². The van der Waals surface area contributed by atoms with Gasteiger partial charge in [0.05, 0.1) is 18.5 Å². The Morgan fingerprint density at radius 2 is 2.20 bits per heavy atom. The monoisotopic (exact) mass is 210 g/mol. The fraction of sp³-hybridized carbons (Fsp3) is 0.667. The van der Waals surface area contributed by atoms with Gasteiger partial charge in [-0.05, 0) is 12.8 Å². The molecule has 0 aromatic carbocycles. The number of carbonyl (C=O) groups excluding carboxylic acids is 1. The topological polar surface area (TPSA) is 71.2 Å². The minimum Gasteiger partial charge on any atom is -0.390 e. The van der Waals surface area contributed by atoms with Crippen molar-refractivity contribution in [2.45, 2.75) is 26.0 Å². The molecule has 0 spiro atoms. The Bertz CT molecular complexity index is 344. The maximum Gasteiger partial charge on any atom is 0.244 e. The molecule has 0 saturated carbocycles. The second-order valence-corrected chi connectivity index (χ2v) is 3.63. The summed E-state index contributed by atoms with van der Waals surface area (Å²) in [6, 6.07) is 0. The van der Waals surface area contributed by atoms with Crippen LogP contribution in [0.25, 0.3) is 0 Å². The summed E-state index contributed by atoms with van der Waals surface area (Å²) in [5.74, 6) is 0.0488. The van der Waals surface area contributed by atoms with Gasteiger partial charge in [0.25, 0.3) is 0 Å². The van der Waals surface area contributed by atoms with Crippen LogP contribution in [-0.2, 0) is 17.9 Å². The zero-order chi connectivity index (χ0) is 10.7. The van der Waals surface area contributed by atoms with Crippen molar-refractivity contribution in [1.82, 2.24) is 19.9 Å². The fourth-order valence-corrected chi connectivity index (χ4v) is 1.73. The molecule has 0 atom stereocenters. The lowest BCUT2D eigenvalue weighted by Gasteiger charge is -2.15. The molecule has 2 rings (SSSR count). The Morgan fingerprint density at radius 3 is 2.87 bits per heavy atom. The maximum atomic E-state index is 11.7. The Morgan fingerprint density at radius 1 is 1.47 bits per heavy atom. The lowest BCUT2D eigenvalue weighted by Crippen LogP contribution is -2.31. The van der Waals surface area contributed by atoms with E-state index in [1.807, 2.05) is 4.90 Å². The highest BCUT2D eigenvalue weighted by atomic mass is 16.3. The first kappa shape index (κ1) is 10.1. The van der Waals surface area contributed by atoms with Crippen LogP contribution in [0, 0.1) is 0 Å². The summed E-state index contributed by atoms with van der Waals surface area (Å²) in [5.41, 5.74) is 0.572. The summed E-state index contributed by atoms with van der Waals surface area (Å²) in [6.45, 7) is 1.71. The van der Waals surface area contributed by atoms with Crippen molar-refractivity contribution in [3.8, 4) is 0 Å².